The van der Waals surface area contributed by atoms with Crippen molar-refractivity contribution in [2.24, 2.45) is 0 Å². The fourth-order valence-electron chi connectivity index (χ4n) is 3.25. The molecule has 184 valence electrons. The number of anilines is 1. The van der Waals surface area contributed by atoms with Crippen molar-refractivity contribution in [1.29, 1.82) is 0 Å². The molecule has 1 heterocycles. The number of nitro benzene ring substituents is 1. The van der Waals surface area contributed by atoms with E-state index in [2.05, 4.69) is 5.32 Å². The van der Waals surface area contributed by atoms with Crippen LogP contribution in [0, 0.1) is 10.1 Å². The van der Waals surface area contributed by atoms with Crippen LogP contribution in [-0.4, -0.2) is 25.1 Å². The lowest BCUT2D eigenvalue weighted by Gasteiger charge is -2.11. The van der Waals surface area contributed by atoms with Gasteiger partial charge in [0.25, 0.3) is 11.6 Å². The predicted octanol–water partition coefficient (Wildman–Crippen LogP) is 5.83. The number of methoxy groups -OCH3 is 2. The Morgan fingerprint density at radius 2 is 1.61 bits per heavy atom. The molecular weight excluding hydrogens is 468 g/mol. The van der Waals surface area contributed by atoms with Gasteiger partial charge in [-0.3, -0.25) is 14.9 Å². The van der Waals surface area contributed by atoms with E-state index in [9.17, 15) is 14.9 Å². The highest BCUT2D eigenvalue weighted by atomic mass is 16.6. The van der Waals surface area contributed by atoms with Crippen LogP contribution in [0.1, 0.15) is 16.3 Å². The molecule has 0 spiro atoms. The monoisotopic (exact) mass is 490 g/mol. The van der Waals surface area contributed by atoms with Crippen LogP contribution in [0.5, 0.6) is 28.7 Å². The number of para-hydroxylation sites is 2. The molecule has 0 radical (unpaired) electrons. The van der Waals surface area contributed by atoms with Crippen LogP contribution in [0.25, 0.3) is 0 Å². The van der Waals surface area contributed by atoms with Gasteiger partial charge in [-0.05, 0) is 48.5 Å². The molecule has 4 rings (SSSR count). The van der Waals surface area contributed by atoms with Gasteiger partial charge in [-0.1, -0.05) is 12.1 Å². The third kappa shape index (κ3) is 5.92. The maximum atomic E-state index is 12.7. The van der Waals surface area contributed by atoms with Gasteiger partial charge in [-0.25, -0.2) is 0 Å². The normalized spacial score (nSPS) is 10.4. The molecule has 0 atom stereocenters. The zero-order valence-corrected chi connectivity index (χ0v) is 19.4. The van der Waals surface area contributed by atoms with Crippen LogP contribution in [-0.2, 0) is 6.61 Å². The minimum absolute atomic E-state index is 0.0158. The first-order chi connectivity index (χ1) is 17.4. The third-order valence-electron chi connectivity index (χ3n) is 4.98. The number of ether oxygens (including phenoxy) is 4. The molecule has 1 N–H and O–H groups in total. The summed E-state index contributed by atoms with van der Waals surface area (Å²) in [6.07, 6.45) is 0. The summed E-state index contributed by atoms with van der Waals surface area (Å²) >= 11 is 0. The number of hydrogen-bond acceptors (Lipinski definition) is 8. The Hall–Kier alpha value is -4.99. The van der Waals surface area contributed by atoms with Crippen molar-refractivity contribution in [3.05, 3.63) is 100 Å². The molecule has 3 aromatic carbocycles. The number of amides is 1. The fraction of sp³-hybridized carbons (Fsp3) is 0.115. The molecule has 0 aliphatic carbocycles. The summed E-state index contributed by atoms with van der Waals surface area (Å²) in [6, 6.07) is 21.0. The molecule has 36 heavy (non-hydrogen) atoms. The summed E-state index contributed by atoms with van der Waals surface area (Å²) < 4.78 is 27.4. The molecule has 0 aliphatic heterocycles. The Bertz CT molecular complexity index is 1360. The maximum absolute atomic E-state index is 12.7. The van der Waals surface area contributed by atoms with E-state index in [0.717, 1.165) is 0 Å². The maximum Gasteiger partial charge on any atom is 0.291 e. The fourth-order valence-corrected chi connectivity index (χ4v) is 3.25. The van der Waals surface area contributed by atoms with Gasteiger partial charge >= 0.3 is 0 Å². The first-order valence-electron chi connectivity index (χ1n) is 10.7. The van der Waals surface area contributed by atoms with Crippen molar-refractivity contribution in [3.8, 4) is 28.7 Å². The zero-order valence-electron chi connectivity index (χ0n) is 19.4. The Labute approximate surface area is 206 Å². The molecule has 0 unspecified atom stereocenters. The van der Waals surface area contributed by atoms with Crippen molar-refractivity contribution in [2.75, 3.05) is 19.5 Å². The number of nitrogens with one attached hydrogen (secondary N) is 1. The number of furan rings is 1. The van der Waals surface area contributed by atoms with E-state index in [1.807, 2.05) is 0 Å². The van der Waals surface area contributed by atoms with E-state index in [1.54, 1.807) is 61.7 Å². The SMILES string of the molecule is COc1ccc(OCc2ccc(C(=O)Nc3cc(Oc4ccccc4OC)cc([N+](=O)[O-])c3)o2)cc1. The summed E-state index contributed by atoms with van der Waals surface area (Å²) in [5, 5.41) is 14.0. The molecule has 10 heteroatoms. The number of nitro groups is 1. The lowest BCUT2D eigenvalue weighted by Crippen LogP contribution is -2.11. The highest BCUT2D eigenvalue weighted by Gasteiger charge is 2.17. The highest BCUT2D eigenvalue weighted by molar-refractivity contribution is 6.02. The van der Waals surface area contributed by atoms with Crippen LogP contribution in [0.15, 0.2) is 83.3 Å². The summed E-state index contributed by atoms with van der Waals surface area (Å²) in [5.74, 6) is 2.14. The molecule has 10 nitrogen and oxygen atoms in total. The summed E-state index contributed by atoms with van der Waals surface area (Å²) in [4.78, 5) is 23.6. The van der Waals surface area contributed by atoms with E-state index < -0.39 is 10.8 Å². The third-order valence-corrected chi connectivity index (χ3v) is 4.98. The molecule has 0 saturated heterocycles. The van der Waals surface area contributed by atoms with Crippen LogP contribution in [0.3, 0.4) is 0 Å². The first kappa shape index (κ1) is 24.1. The van der Waals surface area contributed by atoms with E-state index >= 15 is 0 Å². The number of non-ortho nitro benzene ring substituents is 1. The van der Waals surface area contributed by atoms with Gasteiger partial charge in [0.1, 0.15) is 29.6 Å². The number of benzene rings is 3. The minimum atomic E-state index is -0.588. The highest BCUT2D eigenvalue weighted by Crippen LogP contribution is 2.34. The lowest BCUT2D eigenvalue weighted by molar-refractivity contribution is -0.384. The Morgan fingerprint density at radius 1 is 0.889 bits per heavy atom. The molecule has 4 aromatic rings. The van der Waals surface area contributed by atoms with Crippen LogP contribution < -0.4 is 24.3 Å². The summed E-state index contributed by atoms with van der Waals surface area (Å²) in [7, 11) is 3.06. The van der Waals surface area contributed by atoms with Crippen molar-refractivity contribution >= 4 is 17.3 Å². The number of carbonyl (C=O) groups excluding carboxylic acids is 1. The quantitative estimate of drug-likeness (QED) is 0.218. The van der Waals surface area contributed by atoms with E-state index in [-0.39, 0.29) is 29.5 Å². The van der Waals surface area contributed by atoms with Crippen molar-refractivity contribution < 1.29 is 33.1 Å². The van der Waals surface area contributed by atoms with Gasteiger partial charge in [0.05, 0.1) is 30.9 Å². The second kappa shape index (κ2) is 11.0. The van der Waals surface area contributed by atoms with Crippen molar-refractivity contribution in [3.63, 3.8) is 0 Å². The Balaban J connectivity index is 1.46. The molecule has 1 amide bonds. The molecular formula is C26H22N2O8. The standard InChI is InChI=1S/C26H22N2O8/c1-32-19-7-9-20(10-8-19)34-16-21-11-12-25(35-21)26(29)27-17-13-18(28(30)31)15-22(14-17)36-24-6-4-3-5-23(24)33-2/h3-15H,16H2,1-2H3,(H,27,29). The summed E-state index contributed by atoms with van der Waals surface area (Å²) in [5.41, 5.74) is -0.0998. The van der Waals surface area contributed by atoms with E-state index in [4.69, 9.17) is 23.4 Å². The smallest absolute Gasteiger partial charge is 0.291 e. The zero-order chi connectivity index (χ0) is 25.5. The van der Waals surface area contributed by atoms with Crippen molar-refractivity contribution in [1.82, 2.24) is 0 Å². The second-order valence-electron chi connectivity index (χ2n) is 7.41. The van der Waals surface area contributed by atoms with Gasteiger partial charge in [-0.15, -0.1) is 0 Å². The van der Waals surface area contributed by atoms with Gasteiger partial charge < -0.3 is 28.7 Å². The largest absolute Gasteiger partial charge is 0.497 e. The molecule has 0 aliphatic rings. The van der Waals surface area contributed by atoms with Gasteiger partial charge in [0.2, 0.25) is 0 Å². The number of rotatable bonds is 10. The molecule has 0 fully saturated rings. The average Bonchev–Trinajstić information content (AvgIpc) is 3.37. The lowest BCUT2D eigenvalue weighted by atomic mass is 10.2. The molecule has 0 saturated carbocycles. The van der Waals surface area contributed by atoms with Crippen LogP contribution in [0.2, 0.25) is 0 Å². The average molecular weight is 490 g/mol. The van der Waals surface area contributed by atoms with Gasteiger partial charge in [0.15, 0.2) is 17.3 Å². The second-order valence-corrected chi connectivity index (χ2v) is 7.41. The first-order valence-corrected chi connectivity index (χ1v) is 10.7. The van der Waals surface area contributed by atoms with Gasteiger partial charge in [-0.2, -0.15) is 0 Å². The number of hydrogen-bond donors (Lipinski definition) is 1. The van der Waals surface area contributed by atoms with E-state index in [1.165, 1.54) is 31.4 Å². The van der Waals surface area contributed by atoms with E-state index in [0.29, 0.717) is 28.8 Å². The number of nitrogens with zero attached hydrogens (tertiary/aromatic N) is 1. The van der Waals surface area contributed by atoms with Gasteiger partial charge in [0, 0.05) is 12.1 Å². The minimum Gasteiger partial charge on any atom is -0.497 e. The van der Waals surface area contributed by atoms with Crippen LogP contribution >= 0.6 is 0 Å². The topological polar surface area (TPSA) is 122 Å². The predicted molar refractivity (Wildman–Crippen MR) is 130 cm³/mol. The van der Waals surface area contributed by atoms with Crippen LogP contribution in [0.4, 0.5) is 11.4 Å². The number of carbonyl (C=O) groups is 1. The van der Waals surface area contributed by atoms with Crippen molar-refractivity contribution in [2.45, 2.75) is 6.61 Å². The molecule has 0 bridgehead atoms. The Morgan fingerprint density at radius 3 is 2.31 bits per heavy atom. The molecule has 1 aromatic heterocycles. The Kier molecular flexibility index (Phi) is 7.35. The summed E-state index contributed by atoms with van der Waals surface area (Å²) in [6.45, 7) is 0.104.